The van der Waals surface area contributed by atoms with E-state index in [1.54, 1.807) is 0 Å². The van der Waals surface area contributed by atoms with Crippen LogP contribution in [0.1, 0.15) is 45.6 Å². The summed E-state index contributed by atoms with van der Waals surface area (Å²) in [5.41, 5.74) is 1.60. The van der Waals surface area contributed by atoms with Crippen molar-refractivity contribution in [1.29, 1.82) is 0 Å². The van der Waals surface area contributed by atoms with Crippen LogP contribution in [0.2, 0.25) is 0 Å². The van der Waals surface area contributed by atoms with Crippen molar-refractivity contribution >= 4 is 0 Å². The van der Waals surface area contributed by atoms with Crippen LogP contribution < -0.4 is 4.74 Å². The zero-order valence-electron chi connectivity index (χ0n) is 10.1. The van der Waals surface area contributed by atoms with Gasteiger partial charge in [-0.2, -0.15) is 0 Å². The first kappa shape index (κ1) is 10.5. The van der Waals surface area contributed by atoms with Crippen molar-refractivity contribution in [3.05, 3.63) is 29.8 Å². The molecule has 1 aliphatic heterocycles. The Labute approximate surface area is 92.5 Å². The minimum atomic E-state index is 0.208. The van der Waals surface area contributed by atoms with Crippen molar-refractivity contribution in [2.24, 2.45) is 5.41 Å². The van der Waals surface area contributed by atoms with Crippen LogP contribution in [0.4, 0.5) is 0 Å². The summed E-state index contributed by atoms with van der Waals surface area (Å²) in [5.74, 6) is 1.64. The summed E-state index contributed by atoms with van der Waals surface area (Å²) in [6, 6.07) is 8.45. The van der Waals surface area contributed by atoms with Gasteiger partial charge in [0, 0.05) is 11.5 Å². The van der Waals surface area contributed by atoms with Crippen LogP contribution in [-0.2, 0) is 0 Å². The molecule has 1 heterocycles. The van der Waals surface area contributed by atoms with Crippen molar-refractivity contribution in [1.82, 2.24) is 0 Å². The summed E-state index contributed by atoms with van der Waals surface area (Å²) in [5, 5.41) is 0. The molecule has 1 aromatic rings. The molecular formula is C14H20O. The lowest BCUT2D eigenvalue weighted by molar-refractivity contribution is 0.0852. The highest BCUT2D eigenvalue weighted by atomic mass is 16.5. The molecule has 0 fully saturated rings. The normalized spacial score (nSPS) is 24.8. The Balaban J connectivity index is 2.37. The van der Waals surface area contributed by atoms with Gasteiger partial charge >= 0.3 is 0 Å². The molecule has 2 rings (SSSR count). The second kappa shape index (κ2) is 3.55. The van der Waals surface area contributed by atoms with Crippen LogP contribution in [0.25, 0.3) is 0 Å². The van der Waals surface area contributed by atoms with Gasteiger partial charge in [-0.15, -0.1) is 0 Å². The second-order valence-corrected chi connectivity index (χ2v) is 5.46. The quantitative estimate of drug-likeness (QED) is 0.672. The summed E-state index contributed by atoms with van der Waals surface area (Å²) >= 11 is 0. The van der Waals surface area contributed by atoms with Crippen LogP contribution in [-0.4, -0.2) is 6.10 Å². The summed E-state index contributed by atoms with van der Waals surface area (Å²) < 4.78 is 6.07. The molecule has 0 bridgehead atoms. The maximum Gasteiger partial charge on any atom is 0.123 e. The van der Waals surface area contributed by atoms with Gasteiger partial charge in [0.2, 0.25) is 0 Å². The zero-order chi connectivity index (χ0) is 11.1. The SMILES string of the molecule is CCC1c2ccccc2OC1C(C)(C)C. The highest BCUT2D eigenvalue weighted by molar-refractivity contribution is 5.41. The average Bonchev–Trinajstić information content (AvgIpc) is 2.55. The molecule has 1 aliphatic rings. The third kappa shape index (κ3) is 1.75. The summed E-state index contributed by atoms with van der Waals surface area (Å²) in [4.78, 5) is 0. The van der Waals surface area contributed by atoms with E-state index in [1.165, 1.54) is 5.56 Å². The van der Waals surface area contributed by atoms with E-state index in [2.05, 4.69) is 52.0 Å². The smallest absolute Gasteiger partial charge is 0.123 e. The Morgan fingerprint density at radius 3 is 2.47 bits per heavy atom. The topological polar surface area (TPSA) is 9.23 Å². The van der Waals surface area contributed by atoms with E-state index in [4.69, 9.17) is 4.74 Å². The molecule has 0 saturated carbocycles. The van der Waals surface area contributed by atoms with Crippen LogP contribution >= 0.6 is 0 Å². The highest BCUT2D eigenvalue weighted by Gasteiger charge is 2.40. The van der Waals surface area contributed by atoms with Gasteiger partial charge in [-0.05, 0) is 17.9 Å². The summed E-state index contributed by atoms with van der Waals surface area (Å²) in [6.07, 6.45) is 1.47. The lowest BCUT2D eigenvalue weighted by Crippen LogP contribution is -2.33. The zero-order valence-corrected chi connectivity index (χ0v) is 10.1. The summed E-state index contributed by atoms with van der Waals surface area (Å²) in [7, 11) is 0. The number of para-hydroxylation sites is 1. The number of fused-ring (bicyclic) bond motifs is 1. The first-order valence-corrected chi connectivity index (χ1v) is 5.79. The Kier molecular flexibility index (Phi) is 2.49. The Bertz CT molecular complexity index is 349. The molecule has 1 nitrogen and oxygen atoms in total. The van der Waals surface area contributed by atoms with Gasteiger partial charge in [0.05, 0.1) is 0 Å². The van der Waals surface area contributed by atoms with E-state index in [1.807, 2.05) is 0 Å². The van der Waals surface area contributed by atoms with E-state index in [-0.39, 0.29) is 5.41 Å². The van der Waals surface area contributed by atoms with Crippen LogP contribution in [0.15, 0.2) is 24.3 Å². The minimum Gasteiger partial charge on any atom is -0.489 e. The van der Waals surface area contributed by atoms with Crippen molar-refractivity contribution in [3.8, 4) is 5.75 Å². The molecule has 0 aliphatic carbocycles. The van der Waals surface area contributed by atoms with E-state index < -0.39 is 0 Å². The maximum absolute atomic E-state index is 6.07. The molecule has 0 amide bonds. The molecule has 0 saturated heterocycles. The van der Waals surface area contributed by atoms with Gasteiger partial charge in [0.15, 0.2) is 0 Å². The predicted molar refractivity (Wildman–Crippen MR) is 63.3 cm³/mol. The summed E-state index contributed by atoms with van der Waals surface area (Å²) in [6.45, 7) is 9.01. The fraction of sp³-hybridized carbons (Fsp3) is 0.571. The lowest BCUT2D eigenvalue weighted by atomic mass is 9.78. The standard InChI is InChI=1S/C14H20O/c1-5-10-11-8-6-7-9-12(11)15-13(10)14(2,3)4/h6-10,13H,5H2,1-4H3. The Morgan fingerprint density at radius 1 is 1.20 bits per heavy atom. The fourth-order valence-electron chi connectivity index (χ4n) is 2.49. The molecule has 2 unspecified atom stereocenters. The van der Waals surface area contributed by atoms with Gasteiger partial charge < -0.3 is 4.74 Å². The minimum absolute atomic E-state index is 0.208. The molecule has 1 heteroatoms. The first-order chi connectivity index (χ1) is 7.04. The third-order valence-corrected chi connectivity index (χ3v) is 3.23. The number of hydrogen-bond donors (Lipinski definition) is 0. The lowest BCUT2D eigenvalue weighted by Gasteiger charge is -2.30. The molecule has 82 valence electrons. The fourth-order valence-corrected chi connectivity index (χ4v) is 2.49. The monoisotopic (exact) mass is 204 g/mol. The van der Waals surface area contributed by atoms with E-state index in [0.29, 0.717) is 12.0 Å². The van der Waals surface area contributed by atoms with Gasteiger partial charge in [0.25, 0.3) is 0 Å². The molecule has 1 aromatic carbocycles. The van der Waals surface area contributed by atoms with Gasteiger partial charge in [-0.1, -0.05) is 45.9 Å². The Hall–Kier alpha value is -0.980. The van der Waals surface area contributed by atoms with Crippen LogP contribution in [0, 0.1) is 5.41 Å². The first-order valence-electron chi connectivity index (χ1n) is 5.79. The molecular weight excluding hydrogens is 184 g/mol. The number of ether oxygens (including phenoxy) is 1. The van der Waals surface area contributed by atoms with Gasteiger partial charge in [-0.3, -0.25) is 0 Å². The maximum atomic E-state index is 6.07. The van der Waals surface area contributed by atoms with Crippen LogP contribution in [0.5, 0.6) is 5.75 Å². The van der Waals surface area contributed by atoms with Crippen molar-refractivity contribution < 1.29 is 4.74 Å². The average molecular weight is 204 g/mol. The molecule has 0 aromatic heterocycles. The second-order valence-electron chi connectivity index (χ2n) is 5.46. The molecule has 2 atom stereocenters. The highest BCUT2D eigenvalue weighted by Crippen LogP contribution is 2.45. The van der Waals surface area contributed by atoms with Crippen molar-refractivity contribution in [2.45, 2.75) is 46.1 Å². The number of hydrogen-bond acceptors (Lipinski definition) is 1. The van der Waals surface area contributed by atoms with Gasteiger partial charge in [-0.25, -0.2) is 0 Å². The molecule has 0 N–H and O–H groups in total. The third-order valence-electron chi connectivity index (χ3n) is 3.23. The Morgan fingerprint density at radius 2 is 1.87 bits per heavy atom. The van der Waals surface area contributed by atoms with E-state index >= 15 is 0 Å². The van der Waals surface area contributed by atoms with Crippen molar-refractivity contribution in [2.75, 3.05) is 0 Å². The van der Waals surface area contributed by atoms with Crippen molar-refractivity contribution in [3.63, 3.8) is 0 Å². The van der Waals surface area contributed by atoms with Crippen LogP contribution in [0.3, 0.4) is 0 Å². The van der Waals surface area contributed by atoms with Gasteiger partial charge in [0.1, 0.15) is 11.9 Å². The predicted octanol–water partition coefficient (Wildman–Crippen LogP) is 3.99. The molecule has 15 heavy (non-hydrogen) atoms. The largest absolute Gasteiger partial charge is 0.489 e. The molecule has 0 spiro atoms. The van der Waals surface area contributed by atoms with E-state index in [0.717, 1.165) is 12.2 Å². The molecule has 0 radical (unpaired) electrons. The van der Waals surface area contributed by atoms with E-state index in [9.17, 15) is 0 Å². The number of rotatable bonds is 1. The number of benzene rings is 1.